The van der Waals surface area contributed by atoms with Crippen molar-refractivity contribution in [1.82, 2.24) is 4.90 Å². The van der Waals surface area contributed by atoms with Crippen molar-refractivity contribution in [2.75, 3.05) is 13.1 Å². The van der Waals surface area contributed by atoms with Gasteiger partial charge in [0.1, 0.15) is 0 Å². The smallest absolute Gasteiger partial charge is 0.343 e. The van der Waals surface area contributed by atoms with Gasteiger partial charge >= 0.3 is 5.97 Å². The highest BCUT2D eigenvalue weighted by molar-refractivity contribution is 5.74. The third-order valence-corrected chi connectivity index (χ3v) is 2.79. The van der Waals surface area contributed by atoms with Crippen LogP contribution in [0.25, 0.3) is 0 Å². The van der Waals surface area contributed by atoms with E-state index in [1.165, 1.54) is 12.1 Å². The van der Waals surface area contributed by atoms with E-state index in [0.29, 0.717) is 0 Å². The van der Waals surface area contributed by atoms with Crippen LogP contribution in [0.2, 0.25) is 0 Å². The highest BCUT2D eigenvalue weighted by Crippen LogP contribution is 2.18. The maximum Gasteiger partial charge on any atom is 0.343 e. The predicted octanol–water partition coefficient (Wildman–Crippen LogP) is 2.62. The molecule has 0 aliphatic heterocycles. The van der Waals surface area contributed by atoms with E-state index in [1.54, 1.807) is 12.1 Å². The maximum absolute atomic E-state index is 13.2. The molecule has 4 heteroatoms. The van der Waals surface area contributed by atoms with Gasteiger partial charge in [-0.2, -0.15) is 0 Å². The summed E-state index contributed by atoms with van der Waals surface area (Å²) in [6.45, 7) is 6.88. The summed E-state index contributed by atoms with van der Waals surface area (Å²) in [5.74, 6) is -1.44. The molecular formula is C13H18FNO2. The van der Waals surface area contributed by atoms with Gasteiger partial charge < -0.3 is 5.11 Å². The molecule has 0 saturated heterocycles. The van der Waals surface area contributed by atoms with Crippen molar-refractivity contribution >= 4 is 5.97 Å². The van der Waals surface area contributed by atoms with Crippen LogP contribution in [-0.2, 0) is 11.3 Å². The molecule has 1 aromatic rings. The summed E-state index contributed by atoms with van der Waals surface area (Å²) in [5, 5.41) is 8.54. The van der Waals surface area contributed by atoms with Gasteiger partial charge in [-0.25, -0.2) is 9.18 Å². The van der Waals surface area contributed by atoms with Crippen LogP contribution in [0, 0.1) is 0 Å². The predicted molar refractivity (Wildman–Crippen MR) is 64.6 cm³/mol. The molecule has 0 bridgehead atoms. The summed E-state index contributed by atoms with van der Waals surface area (Å²) in [4.78, 5) is 12.7. The van der Waals surface area contributed by atoms with E-state index in [0.717, 1.165) is 25.2 Å². The second-order valence-corrected chi connectivity index (χ2v) is 3.90. The van der Waals surface area contributed by atoms with Crippen LogP contribution in [0.15, 0.2) is 24.3 Å². The van der Waals surface area contributed by atoms with E-state index in [9.17, 15) is 9.18 Å². The monoisotopic (exact) mass is 239 g/mol. The number of halogens is 1. The van der Waals surface area contributed by atoms with Crippen molar-refractivity contribution in [2.45, 2.75) is 26.6 Å². The van der Waals surface area contributed by atoms with Gasteiger partial charge in [0.05, 0.1) is 0 Å². The Kier molecular flexibility index (Phi) is 5.10. The molecule has 1 N–H and O–H groups in total. The number of carboxylic acid groups (broad SMARTS) is 1. The lowest BCUT2D eigenvalue weighted by Crippen LogP contribution is -2.22. The first-order valence-corrected chi connectivity index (χ1v) is 5.76. The molecule has 17 heavy (non-hydrogen) atoms. The Labute approximate surface area is 101 Å². The van der Waals surface area contributed by atoms with E-state index >= 15 is 0 Å². The Morgan fingerprint density at radius 1 is 1.29 bits per heavy atom. The number of alkyl halides is 1. The summed E-state index contributed by atoms with van der Waals surface area (Å²) in [6.07, 6.45) is -1.93. The molecule has 0 radical (unpaired) electrons. The van der Waals surface area contributed by atoms with Gasteiger partial charge in [0.15, 0.2) is 0 Å². The van der Waals surface area contributed by atoms with Crippen LogP contribution >= 0.6 is 0 Å². The summed E-state index contributed by atoms with van der Waals surface area (Å²) < 4.78 is 13.2. The van der Waals surface area contributed by atoms with Gasteiger partial charge in [0.25, 0.3) is 0 Å². The highest BCUT2D eigenvalue weighted by atomic mass is 19.1. The number of rotatable bonds is 6. The van der Waals surface area contributed by atoms with Crippen LogP contribution in [0.1, 0.15) is 31.1 Å². The zero-order valence-electron chi connectivity index (χ0n) is 10.2. The van der Waals surface area contributed by atoms with Crippen LogP contribution in [-0.4, -0.2) is 29.1 Å². The van der Waals surface area contributed by atoms with Gasteiger partial charge in [-0.15, -0.1) is 0 Å². The summed E-state index contributed by atoms with van der Waals surface area (Å²) in [5.41, 5.74) is 1.26. The van der Waals surface area contributed by atoms with E-state index in [2.05, 4.69) is 18.7 Å². The minimum atomic E-state index is -1.93. The fourth-order valence-corrected chi connectivity index (χ4v) is 1.64. The molecular weight excluding hydrogens is 221 g/mol. The van der Waals surface area contributed by atoms with Gasteiger partial charge in [-0.1, -0.05) is 38.1 Å². The number of benzene rings is 1. The van der Waals surface area contributed by atoms with Crippen LogP contribution in [0.4, 0.5) is 4.39 Å². The molecule has 1 atom stereocenters. The largest absolute Gasteiger partial charge is 0.479 e. The molecule has 1 unspecified atom stereocenters. The van der Waals surface area contributed by atoms with Crippen LogP contribution in [0.5, 0.6) is 0 Å². The lowest BCUT2D eigenvalue weighted by molar-refractivity contribution is -0.143. The fraction of sp³-hybridized carbons (Fsp3) is 0.462. The number of hydrogen-bond acceptors (Lipinski definition) is 2. The number of hydrogen-bond donors (Lipinski definition) is 1. The first-order chi connectivity index (χ1) is 8.08. The second kappa shape index (κ2) is 6.35. The van der Waals surface area contributed by atoms with Crippen molar-refractivity contribution in [1.29, 1.82) is 0 Å². The van der Waals surface area contributed by atoms with E-state index in [1.807, 2.05) is 0 Å². The number of nitrogens with zero attached hydrogens (tertiary/aromatic N) is 1. The number of aliphatic carboxylic acids is 1. The van der Waals surface area contributed by atoms with Crippen molar-refractivity contribution in [3.8, 4) is 0 Å². The first kappa shape index (κ1) is 13.6. The van der Waals surface area contributed by atoms with Crippen molar-refractivity contribution < 1.29 is 14.3 Å². The molecule has 0 heterocycles. The Bertz CT molecular complexity index is 360. The van der Waals surface area contributed by atoms with Gasteiger partial charge in [-0.05, 0) is 24.2 Å². The average molecular weight is 239 g/mol. The van der Waals surface area contributed by atoms with E-state index in [-0.39, 0.29) is 5.56 Å². The standard InChI is InChI=1S/C13H18FNO2/c1-3-15(4-2)9-10-5-7-11(8-6-10)12(14)13(16)17/h5-8,12H,3-4,9H2,1-2H3,(H,16,17). The molecule has 0 fully saturated rings. The molecule has 3 nitrogen and oxygen atoms in total. The molecule has 1 aromatic carbocycles. The van der Waals surface area contributed by atoms with E-state index in [4.69, 9.17) is 5.11 Å². The third kappa shape index (κ3) is 3.82. The minimum absolute atomic E-state index is 0.195. The fourth-order valence-electron chi connectivity index (χ4n) is 1.64. The summed E-state index contributed by atoms with van der Waals surface area (Å²) in [7, 11) is 0. The van der Waals surface area contributed by atoms with Gasteiger partial charge in [0.2, 0.25) is 6.17 Å². The van der Waals surface area contributed by atoms with Crippen molar-refractivity contribution in [2.24, 2.45) is 0 Å². The highest BCUT2D eigenvalue weighted by Gasteiger charge is 2.17. The normalized spacial score (nSPS) is 12.7. The zero-order valence-corrected chi connectivity index (χ0v) is 10.2. The molecule has 0 amide bonds. The number of carboxylic acids is 1. The third-order valence-electron chi connectivity index (χ3n) is 2.79. The molecule has 0 aliphatic rings. The Morgan fingerprint density at radius 3 is 2.24 bits per heavy atom. The van der Waals surface area contributed by atoms with E-state index < -0.39 is 12.1 Å². The topological polar surface area (TPSA) is 40.5 Å². The molecule has 0 saturated carbocycles. The van der Waals surface area contributed by atoms with Crippen LogP contribution in [0.3, 0.4) is 0 Å². The van der Waals surface area contributed by atoms with Crippen molar-refractivity contribution in [3.05, 3.63) is 35.4 Å². The quantitative estimate of drug-likeness (QED) is 0.829. The molecule has 0 spiro atoms. The molecule has 0 aromatic heterocycles. The second-order valence-electron chi connectivity index (χ2n) is 3.90. The molecule has 94 valence electrons. The Hall–Kier alpha value is -1.42. The number of carbonyl (C=O) groups is 1. The van der Waals surface area contributed by atoms with Gasteiger partial charge in [-0.3, -0.25) is 4.90 Å². The SMILES string of the molecule is CCN(CC)Cc1ccc(C(F)C(=O)O)cc1. The Balaban J connectivity index is 2.71. The lowest BCUT2D eigenvalue weighted by atomic mass is 10.1. The average Bonchev–Trinajstić information content (AvgIpc) is 2.35. The minimum Gasteiger partial charge on any atom is -0.479 e. The summed E-state index contributed by atoms with van der Waals surface area (Å²) in [6, 6.07) is 6.64. The van der Waals surface area contributed by atoms with Gasteiger partial charge in [0, 0.05) is 6.54 Å². The lowest BCUT2D eigenvalue weighted by Gasteiger charge is -2.18. The molecule has 1 rings (SSSR count). The first-order valence-electron chi connectivity index (χ1n) is 5.76. The van der Waals surface area contributed by atoms with Crippen LogP contribution < -0.4 is 0 Å². The zero-order chi connectivity index (χ0) is 12.8. The van der Waals surface area contributed by atoms with Crippen molar-refractivity contribution in [3.63, 3.8) is 0 Å². The summed E-state index contributed by atoms with van der Waals surface area (Å²) >= 11 is 0. The maximum atomic E-state index is 13.2. The molecule has 0 aliphatic carbocycles. The Morgan fingerprint density at radius 2 is 1.82 bits per heavy atom.